The predicted molar refractivity (Wildman–Crippen MR) is 79.3 cm³/mol. The number of ether oxygens (including phenoxy) is 1. The number of hydrogen-bond donors (Lipinski definition) is 1. The van der Waals surface area contributed by atoms with Crippen LogP contribution in [0.5, 0.6) is 0 Å². The van der Waals surface area contributed by atoms with E-state index in [1.807, 2.05) is 30.5 Å². The molecule has 0 fully saturated rings. The van der Waals surface area contributed by atoms with Crippen molar-refractivity contribution in [2.24, 2.45) is 0 Å². The molecule has 0 saturated carbocycles. The Kier molecular flexibility index (Phi) is 2.64. The first-order valence-electron chi connectivity index (χ1n) is 6.71. The van der Waals surface area contributed by atoms with Gasteiger partial charge in [0.2, 0.25) is 0 Å². The topological polar surface area (TPSA) is 34.1 Å². The van der Waals surface area contributed by atoms with E-state index in [9.17, 15) is 0 Å². The van der Waals surface area contributed by atoms with Crippen molar-refractivity contribution in [3.8, 4) is 0 Å². The molecule has 1 N–H and O–H groups in total. The molecule has 98 valence electrons. The van der Waals surface area contributed by atoms with Gasteiger partial charge >= 0.3 is 0 Å². The lowest BCUT2D eigenvalue weighted by molar-refractivity contribution is 0.0508. The fourth-order valence-corrected chi connectivity index (χ4v) is 2.58. The van der Waals surface area contributed by atoms with Gasteiger partial charge in [-0.1, -0.05) is 30.3 Å². The van der Waals surface area contributed by atoms with Gasteiger partial charge in [0.05, 0.1) is 12.1 Å². The fourth-order valence-electron chi connectivity index (χ4n) is 2.58. The average molecular weight is 262 g/mol. The van der Waals surface area contributed by atoms with Crippen LogP contribution in [-0.2, 0) is 11.3 Å². The fraction of sp³-hybridized carbons (Fsp3) is 0.118. The lowest BCUT2D eigenvalue weighted by Crippen LogP contribution is -2.20. The first kappa shape index (κ1) is 11.4. The van der Waals surface area contributed by atoms with Crippen molar-refractivity contribution in [2.75, 3.05) is 5.32 Å². The van der Waals surface area contributed by atoms with Gasteiger partial charge in [0, 0.05) is 28.4 Å². The van der Waals surface area contributed by atoms with E-state index in [4.69, 9.17) is 4.74 Å². The Morgan fingerprint density at radius 3 is 3.00 bits per heavy atom. The predicted octanol–water partition coefficient (Wildman–Crippen LogP) is 3.88. The van der Waals surface area contributed by atoms with Crippen LogP contribution in [0, 0.1) is 0 Å². The van der Waals surface area contributed by atoms with Crippen LogP contribution in [0.15, 0.2) is 60.8 Å². The lowest BCUT2D eigenvalue weighted by atomic mass is 10.1. The molecule has 0 unspecified atom stereocenters. The molecule has 1 aliphatic heterocycles. The molecule has 3 heteroatoms. The van der Waals surface area contributed by atoms with E-state index in [0.717, 1.165) is 22.2 Å². The summed E-state index contributed by atoms with van der Waals surface area (Å²) in [6.45, 7) is 0.638. The molecule has 3 aromatic rings. The van der Waals surface area contributed by atoms with Gasteiger partial charge < -0.3 is 10.1 Å². The van der Waals surface area contributed by atoms with E-state index < -0.39 is 0 Å². The second-order valence-corrected chi connectivity index (χ2v) is 4.95. The number of rotatable bonds is 1. The Morgan fingerprint density at radius 1 is 1.05 bits per heavy atom. The zero-order chi connectivity index (χ0) is 13.4. The highest BCUT2D eigenvalue weighted by Gasteiger charge is 2.19. The minimum Gasteiger partial charge on any atom is -0.356 e. The number of fused-ring (bicyclic) bond motifs is 2. The van der Waals surface area contributed by atoms with Crippen molar-refractivity contribution < 1.29 is 4.74 Å². The van der Waals surface area contributed by atoms with Crippen molar-refractivity contribution in [3.05, 3.63) is 71.9 Å². The molecule has 2 aromatic carbocycles. The molecule has 0 spiro atoms. The van der Waals surface area contributed by atoms with Crippen molar-refractivity contribution >= 4 is 16.6 Å². The Hall–Kier alpha value is -2.39. The van der Waals surface area contributed by atoms with E-state index in [2.05, 4.69) is 40.6 Å². The minimum absolute atomic E-state index is 0.102. The number of nitrogens with zero attached hydrogens (tertiary/aromatic N) is 1. The number of para-hydroxylation sites is 1. The summed E-state index contributed by atoms with van der Waals surface area (Å²) in [7, 11) is 0. The van der Waals surface area contributed by atoms with E-state index in [0.29, 0.717) is 6.61 Å². The summed E-state index contributed by atoms with van der Waals surface area (Å²) < 4.78 is 5.91. The maximum atomic E-state index is 5.91. The van der Waals surface area contributed by atoms with Gasteiger partial charge in [0.15, 0.2) is 6.23 Å². The van der Waals surface area contributed by atoms with E-state index in [-0.39, 0.29) is 6.23 Å². The number of benzene rings is 2. The Balaban J connectivity index is 1.70. The average Bonchev–Trinajstić information content (AvgIpc) is 2.54. The highest BCUT2D eigenvalue weighted by molar-refractivity contribution is 5.79. The summed E-state index contributed by atoms with van der Waals surface area (Å²) >= 11 is 0. The molecule has 0 saturated heterocycles. The lowest BCUT2D eigenvalue weighted by Gasteiger charge is -2.27. The third kappa shape index (κ3) is 1.92. The van der Waals surface area contributed by atoms with Crippen LogP contribution in [-0.4, -0.2) is 4.98 Å². The highest BCUT2D eigenvalue weighted by Crippen LogP contribution is 2.31. The van der Waals surface area contributed by atoms with Crippen LogP contribution in [0.4, 0.5) is 5.69 Å². The number of pyridine rings is 1. The highest BCUT2D eigenvalue weighted by atomic mass is 16.5. The molecule has 20 heavy (non-hydrogen) atoms. The molecule has 2 heterocycles. The summed E-state index contributed by atoms with van der Waals surface area (Å²) in [6.07, 6.45) is 1.71. The van der Waals surface area contributed by atoms with Crippen LogP contribution in [0.3, 0.4) is 0 Å². The molecule has 3 nitrogen and oxygen atoms in total. The molecule has 1 aromatic heterocycles. The third-order valence-electron chi connectivity index (χ3n) is 3.64. The Bertz CT molecular complexity index is 770. The van der Waals surface area contributed by atoms with E-state index in [1.165, 1.54) is 5.56 Å². The third-order valence-corrected chi connectivity index (χ3v) is 3.64. The zero-order valence-electron chi connectivity index (χ0n) is 10.9. The second-order valence-electron chi connectivity index (χ2n) is 4.95. The van der Waals surface area contributed by atoms with Crippen LogP contribution in [0.1, 0.15) is 17.4 Å². The molecule has 1 atom stereocenters. The van der Waals surface area contributed by atoms with Crippen molar-refractivity contribution in [2.45, 2.75) is 12.8 Å². The second kappa shape index (κ2) is 4.62. The molecule has 0 aliphatic carbocycles. The maximum Gasteiger partial charge on any atom is 0.154 e. The smallest absolute Gasteiger partial charge is 0.154 e. The normalized spacial score (nSPS) is 17.5. The molecular formula is C17H14N2O. The SMILES string of the molecule is c1ccc2c(c1)CO[C@@H](c1ccc3ncccc3c1)N2. The van der Waals surface area contributed by atoms with E-state index >= 15 is 0 Å². The van der Waals surface area contributed by atoms with Crippen LogP contribution in [0.25, 0.3) is 10.9 Å². The number of hydrogen-bond acceptors (Lipinski definition) is 3. The van der Waals surface area contributed by atoms with Gasteiger partial charge in [-0.25, -0.2) is 0 Å². The number of nitrogens with one attached hydrogen (secondary N) is 1. The van der Waals surface area contributed by atoms with Gasteiger partial charge in [-0.15, -0.1) is 0 Å². The summed E-state index contributed by atoms with van der Waals surface area (Å²) in [6, 6.07) is 18.5. The van der Waals surface area contributed by atoms with Gasteiger partial charge in [-0.3, -0.25) is 4.98 Å². The van der Waals surface area contributed by atoms with E-state index in [1.54, 1.807) is 0 Å². The Labute approximate surface area is 117 Å². The molecule has 0 radical (unpaired) electrons. The molecule has 4 rings (SSSR count). The summed E-state index contributed by atoms with van der Waals surface area (Å²) in [5.41, 5.74) is 4.48. The first-order chi connectivity index (χ1) is 9.90. The zero-order valence-corrected chi connectivity index (χ0v) is 10.9. The largest absolute Gasteiger partial charge is 0.356 e. The Morgan fingerprint density at radius 2 is 2.00 bits per heavy atom. The maximum absolute atomic E-state index is 5.91. The summed E-state index contributed by atoms with van der Waals surface area (Å²) in [4.78, 5) is 4.34. The van der Waals surface area contributed by atoms with Crippen molar-refractivity contribution in [3.63, 3.8) is 0 Å². The summed E-state index contributed by atoms with van der Waals surface area (Å²) in [5.74, 6) is 0. The molecule has 0 bridgehead atoms. The van der Waals surface area contributed by atoms with Crippen LogP contribution >= 0.6 is 0 Å². The monoisotopic (exact) mass is 262 g/mol. The number of anilines is 1. The number of aromatic nitrogens is 1. The quantitative estimate of drug-likeness (QED) is 0.722. The van der Waals surface area contributed by atoms with Crippen LogP contribution in [0.2, 0.25) is 0 Å². The van der Waals surface area contributed by atoms with Gasteiger partial charge in [0.1, 0.15) is 0 Å². The molecular weight excluding hydrogens is 248 g/mol. The summed E-state index contributed by atoms with van der Waals surface area (Å²) in [5, 5.41) is 4.57. The van der Waals surface area contributed by atoms with Crippen molar-refractivity contribution in [1.82, 2.24) is 4.98 Å². The minimum atomic E-state index is -0.102. The standard InChI is InChI=1S/C17H14N2O/c1-2-6-16-14(4-1)11-20-17(19-16)13-7-8-15-12(10-13)5-3-9-18-15/h1-10,17,19H,11H2/t17-/m0/s1. The van der Waals surface area contributed by atoms with Gasteiger partial charge in [-0.05, 0) is 24.3 Å². The van der Waals surface area contributed by atoms with Crippen LogP contribution < -0.4 is 5.32 Å². The van der Waals surface area contributed by atoms with Crippen molar-refractivity contribution in [1.29, 1.82) is 0 Å². The molecule has 1 aliphatic rings. The molecule has 0 amide bonds. The van der Waals surface area contributed by atoms with Gasteiger partial charge in [-0.2, -0.15) is 0 Å². The first-order valence-corrected chi connectivity index (χ1v) is 6.71. The van der Waals surface area contributed by atoms with Gasteiger partial charge in [0.25, 0.3) is 0 Å².